The molecule has 0 aliphatic carbocycles. The number of nitrogens with one attached hydrogen (secondary N) is 1. The lowest BCUT2D eigenvalue weighted by atomic mass is 10.1. The first-order valence-corrected chi connectivity index (χ1v) is 9.31. The number of benzene rings is 1. The number of hydrogen-bond donors (Lipinski definition) is 1. The van der Waals surface area contributed by atoms with Gasteiger partial charge in [-0.1, -0.05) is 18.2 Å². The average molecular weight is 435 g/mol. The van der Waals surface area contributed by atoms with Gasteiger partial charge in [0.2, 0.25) is 5.95 Å². The fourth-order valence-electron chi connectivity index (χ4n) is 3.24. The number of rotatable bonds is 3. The number of halogens is 3. The molecule has 5 rings (SSSR count). The van der Waals surface area contributed by atoms with Crippen LogP contribution in [0.4, 0.5) is 24.8 Å². The van der Waals surface area contributed by atoms with Crippen molar-refractivity contribution >= 4 is 28.2 Å². The molecule has 4 heterocycles. The Morgan fingerprint density at radius 2 is 1.75 bits per heavy atom. The van der Waals surface area contributed by atoms with Gasteiger partial charge in [0.05, 0.1) is 16.6 Å². The van der Waals surface area contributed by atoms with E-state index in [2.05, 4.69) is 30.4 Å². The van der Waals surface area contributed by atoms with Crippen LogP contribution in [0.25, 0.3) is 27.9 Å². The number of alkyl halides is 3. The van der Waals surface area contributed by atoms with Crippen LogP contribution >= 0.6 is 0 Å². The van der Waals surface area contributed by atoms with Crippen LogP contribution in [-0.2, 0) is 6.18 Å². The van der Waals surface area contributed by atoms with E-state index in [0.29, 0.717) is 10.9 Å². The van der Waals surface area contributed by atoms with Crippen molar-refractivity contribution in [2.75, 3.05) is 5.32 Å². The van der Waals surface area contributed by atoms with Gasteiger partial charge in [-0.25, -0.2) is 15.0 Å². The van der Waals surface area contributed by atoms with Crippen molar-refractivity contribution in [3.63, 3.8) is 0 Å². The first kappa shape index (κ1) is 19.5. The molecule has 0 aliphatic heterocycles. The zero-order valence-corrected chi connectivity index (χ0v) is 16.1. The maximum absolute atomic E-state index is 13.5. The molecule has 0 aliphatic rings. The van der Waals surface area contributed by atoms with Crippen LogP contribution in [0.2, 0.25) is 0 Å². The highest BCUT2D eigenvalue weighted by molar-refractivity contribution is 5.93. The van der Waals surface area contributed by atoms with Crippen LogP contribution in [0.3, 0.4) is 0 Å². The van der Waals surface area contributed by atoms with Crippen molar-refractivity contribution in [2.45, 2.75) is 6.18 Å². The van der Waals surface area contributed by atoms with Gasteiger partial charge in [-0.3, -0.25) is 9.78 Å². The van der Waals surface area contributed by atoms with Crippen molar-refractivity contribution in [1.29, 1.82) is 0 Å². The van der Waals surface area contributed by atoms with E-state index in [1.807, 2.05) is 0 Å². The van der Waals surface area contributed by atoms with Gasteiger partial charge in [0.1, 0.15) is 5.69 Å². The highest BCUT2D eigenvalue weighted by Crippen LogP contribution is 2.36. The average Bonchev–Trinajstić information content (AvgIpc) is 3.13. The Kier molecular flexibility index (Phi) is 4.51. The lowest BCUT2D eigenvalue weighted by Gasteiger charge is -2.09. The third-order valence-electron chi connectivity index (χ3n) is 4.68. The first-order valence-electron chi connectivity index (χ1n) is 9.31. The lowest BCUT2D eigenvalue weighted by Crippen LogP contribution is -2.11. The molecular formula is C21H12F3N7O. The van der Waals surface area contributed by atoms with Crippen LogP contribution in [0.5, 0.6) is 0 Å². The van der Waals surface area contributed by atoms with Crippen LogP contribution in [0, 0.1) is 0 Å². The number of hydrogen-bond acceptors (Lipinski definition) is 7. The van der Waals surface area contributed by atoms with Crippen LogP contribution < -0.4 is 10.9 Å². The van der Waals surface area contributed by atoms with E-state index < -0.39 is 17.3 Å². The van der Waals surface area contributed by atoms with Crippen molar-refractivity contribution < 1.29 is 13.2 Å². The standard InChI is InChI=1S/C21H12F3N7O/c22-21(23,24)14-8-10-25-11-13(14)17-29-18-12-5-1-2-6-15(12)27-20(31(18)30-17)28-16-7-3-4-9-26-19(16)32/h1-11H,(H,26,27,28,32). The Bertz CT molecular complexity index is 1530. The fraction of sp³-hybridized carbons (Fsp3) is 0.0476. The maximum Gasteiger partial charge on any atom is 0.417 e. The molecule has 0 spiro atoms. The van der Waals surface area contributed by atoms with E-state index >= 15 is 0 Å². The topological polar surface area (TPSA) is 98.0 Å². The molecule has 0 saturated heterocycles. The Labute approximate surface area is 177 Å². The van der Waals surface area contributed by atoms with Gasteiger partial charge in [0.15, 0.2) is 11.5 Å². The summed E-state index contributed by atoms with van der Waals surface area (Å²) in [6, 6.07) is 12.6. The molecule has 32 heavy (non-hydrogen) atoms. The summed E-state index contributed by atoms with van der Waals surface area (Å²) in [6.45, 7) is 0. The molecule has 0 saturated carbocycles. The van der Waals surface area contributed by atoms with E-state index in [4.69, 9.17) is 0 Å². The Balaban J connectivity index is 1.77. The fourth-order valence-corrected chi connectivity index (χ4v) is 3.24. The molecule has 0 radical (unpaired) electrons. The van der Waals surface area contributed by atoms with E-state index in [0.717, 1.165) is 18.5 Å². The second kappa shape index (κ2) is 7.38. The van der Waals surface area contributed by atoms with E-state index in [-0.39, 0.29) is 28.7 Å². The number of para-hydroxylation sites is 1. The summed E-state index contributed by atoms with van der Waals surface area (Å²) in [5.41, 5.74) is -0.805. The normalized spacial score (nSPS) is 11.7. The molecule has 8 nitrogen and oxygen atoms in total. The quantitative estimate of drug-likeness (QED) is 0.460. The molecule has 5 aromatic rings. The van der Waals surface area contributed by atoms with E-state index in [1.54, 1.807) is 36.4 Å². The number of fused-ring (bicyclic) bond motifs is 3. The number of anilines is 2. The van der Waals surface area contributed by atoms with Gasteiger partial charge in [-0.15, -0.1) is 5.10 Å². The van der Waals surface area contributed by atoms with Crippen molar-refractivity contribution in [1.82, 2.24) is 29.5 Å². The third kappa shape index (κ3) is 3.39. The summed E-state index contributed by atoms with van der Waals surface area (Å²) in [4.78, 5) is 28.6. The third-order valence-corrected chi connectivity index (χ3v) is 4.68. The molecular weight excluding hydrogens is 423 g/mol. The zero-order chi connectivity index (χ0) is 22.3. The van der Waals surface area contributed by atoms with Gasteiger partial charge in [-0.2, -0.15) is 17.7 Å². The molecule has 0 bridgehead atoms. The van der Waals surface area contributed by atoms with E-state index in [9.17, 15) is 18.0 Å². The zero-order valence-electron chi connectivity index (χ0n) is 16.1. The summed E-state index contributed by atoms with van der Waals surface area (Å²) in [5.74, 6) is -0.0780. The number of aromatic nitrogens is 6. The Hall–Kier alpha value is -4.41. The predicted molar refractivity (Wildman–Crippen MR) is 110 cm³/mol. The van der Waals surface area contributed by atoms with Crippen LogP contribution in [0.15, 0.2) is 71.9 Å². The highest BCUT2D eigenvalue weighted by Gasteiger charge is 2.35. The van der Waals surface area contributed by atoms with Crippen LogP contribution in [-0.4, -0.2) is 29.5 Å². The minimum absolute atomic E-state index is 0.0972. The molecule has 1 aromatic carbocycles. The largest absolute Gasteiger partial charge is 0.417 e. The molecule has 158 valence electrons. The summed E-state index contributed by atoms with van der Waals surface area (Å²) < 4.78 is 41.9. The summed E-state index contributed by atoms with van der Waals surface area (Å²) in [5, 5.41) is 7.72. The Morgan fingerprint density at radius 3 is 2.59 bits per heavy atom. The molecule has 0 amide bonds. The Morgan fingerprint density at radius 1 is 0.938 bits per heavy atom. The minimum atomic E-state index is -4.61. The van der Waals surface area contributed by atoms with Gasteiger partial charge in [-0.05, 0) is 30.3 Å². The van der Waals surface area contributed by atoms with Gasteiger partial charge < -0.3 is 5.32 Å². The first-order chi connectivity index (χ1) is 15.4. The van der Waals surface area contributed by atoms with Gasteiger partial charge in [0, 0.05) is 24.0 Å². The number of pyridine rings is 1. The number of nitrogens with zero attached hydrogens (tertiary/aromatic N) is 6. The molecule has 0 unspecified atom stereocenters. The second-order valence-corrected chi connectivity index (χ2v) is 6.72. The van der Waals surface area contributed by atoms with E-state index in [1.165, 1.54) is 16.8 Å². The van der Waals surface area contributed by atoms with Gasteiger partial charge in [0.25, 0.3) is 5.56 Å². The van der Waals surface area contributed by atoms with Gasteiger partial charge >= 0.3 is 6.18 Å². The summed E-state index contributed by atoms with van der Waals surface area (Å²) >= 11 is 0. The lowest BCUT2D eigenvalue weighted by molar-refractivity contribution is -0.137. The molecule has 0 atom stereocenters. The summed E-state index contributed by atoms with van der Waals surface area (Å²) in [7, 11) is 0. The molecule has 0 fully saturated rings. The van der Waals surface area contributed by atoms with Crippen molar-refractivity contribution in [3.8, 4) is 11.4 Å². The molecule has 4 aromatic heterocycles. The minimum Gasteiger partial charge on any atom is -0.319 e. The predicted octanol–water partition coefficient (Wildman–Crippen LogP) is 3.86. The maximum atomic E-state index is 13.5. The molecule has 11 heteroatoms. The summed E-state index contributed by atoms with van der Waals surface area (Å²) in [6.07, 6.45) is -1.13. The smallest absolute Gasteiger partial charge is 0.319 e. The monoisotopic (exact) mass is 435 g/mol. The SMILES string of the molecule is O=c1nccccc1Nc1nc2ccccc2c2nc(-c3cnccc3C(F)(F)F)nn12. The molecule has 1 N–H and O–H groups in total. The van der Waals surface area contributed by atoms with Crippen LogP contribution in [0.1, 0.15) is 5.56 Å². The van der Waals surface area contributed by atoms with Crippen molar-refractivity contribution in [2.24, 2.45) is 0 Å². The van der Waals surface area contributed by atoms with Crippen molar-refractivity contribution in [3.05, 3.63) is 83.0 Å². The highest BCUT2D eigenvalue weighted by atomic mass is 19.4. The second-order valence-electron chi connectivity index (χ2n) is 6.72.